The molecule has 0 aromatic rings. The van der Waals surface area contributed by atoms with E-state index < -0.39 is 36.8 Å². The van der Waals surface area contributed by atoms with Gasteiger partial charge in [0.25, 0.3) is 0 Å². The molecule has 3 aliphatic rings. The van der Waals surface area contributed by atoms with Gasteiger partial charge in [0.05, 0.1) is 0 Å². The number of fused-ring (bicyclic) bond motifs is 2. The zero-order chi connectivity index (χ0) is 19.8. The summed E-state index contributed by atoms with van der Waals surface area (Å²) in [5.41, 5.74) is 1.78. The molecule has 0 amide bonds. The van der Waals surface area contributed by atoms with Crippen molar-refractivity contribution in [2.75, 3.05) is 6.54 Å². The SMILES string of the molecule is CCCCCCCCN1C2=C(S[CH]([Sn]([CH3])([CH3])[CH3])C2)C2S[C]([Sn]([CH3])([CH3])[CH3])=CC21. The summed E-state index contributed by atoms with van der Waals surface area (Å²) in [6, 6.07) is 0.699. The van der Waals surface area contributed by atoms with Gasteiger partial charge in [-0.2, -0.15) is 0 Å². The van der Waals surface area contributed by atoms with Crippen LogP contribution in [0.1, 0.15) is 51.9 Å². The maximum atomic E-state index is 2.89. The number of allylic oxidation sites excluding steroid dienone is 1. The van der Waals surface area contributed by atoms with Crippen LogP contribution in [0, 0.1) is 0 Å². The Labute approximate surface area is 185 Å². The summed E-state index contributed by atoms with van der Waals surface area (Å²) in [6.07, 6.45) is 12.6. The van der Waals surface area contributed by atoms with Gasteiger partial charge in [-0.1, -0.05) is 0 Å². The Morgan fingerprint density at radius 3 is 2.26 bits per heavy atom. The summed E-state index contributed by atoms with van der Waals surface area (Å²) in [7, 11) is 0. The van der Waals surface area contributed by atoms with Crippen molar-refractivity contribution in [1.29, 1.82) is 0 Å². The van der Waals surface area contributed by atoms with Crippen LogP contribution in [0.5, 0.6) is 0 Å². The molecule has 0 saturated heterocycles. The fraction of sp³-hybridized carbons (Fsp3) is 0.818. The molecule has 27 heavy (non-hydrogen) atoms. The van der Waals surface area contributed by atoms with E-state index >= 15 is 0 Å². The summed E-state index contributed by atoms with van der Waals surface area (Å²) >= 11 is 0.813. The van der Waals surface area contributed by atoms with Crippen molar-refractivity contribution < 1.29 is 0 Å². The molecule has 0 aromatic carbocycles. The van der Waals surface area contributed by atoms with Crippen LogP contribution in [0.15, 0.2) is 19.6 Å². The standard InChI is InChI=1S/C16H23NS2.6CH3.2Sn/c1-2-3-4-5-6-7-10-17-13-8-11-18-15(13)16-14(17)9-12-19-16;;;;;;;;/h8,12-13,15H,2-7,9-10H2,1H3;6*1H3;;. The van der Waals surface area contributed by atoms with E-state index in [1.165, 1.54) is 51.5 Å². The number of rotatable bonds is 9. The number of nitrogens with zero attached hydrogens (tertiary/aromatic N) is 1. The van der Waals surface area contributed by atoms with Crippen molar-refractivity contribution >= 4 is 60.3 Å². The molecule has 0 bridgehead atoms. The second kappa shape index (κ2) is 9.38. The third-order valence-electron chi connectivity index (χ3n) is 6.24. The number of unbranched alkanes of at least 4 members (excludes halogenated alkanes) is 5. The summed E-state index contributed by atoms with van der Waals surface area (Å²) < 4.78 is 2.81. The van der Waals surface area contributed by atoms with Crippen LogP contribution in [0.2, 0.25) is 29.6 Å². The Morgan fingerprint density at radius 1 is 0.963 bits per heavy atom. The Balaban J connectivity index is 1.69. The van der Waals surface area contributed by atoms with Crippen LogP contribution in [-0.4, -0.2) is 62.8 Å². The van der Waals surface area contributed by atoms with E-state index in [1.54, 1.807) is 5.70 Å². The molecular weight excluding hydrogens is 580 g/mol. The van der Waals surface area contributed by atoms with Crippen molar-refractivity contribution in [2.45, 2.75) is 96.1 Å². The van der Waals surface area contributed by atoms with Gasteiger partial charge in [0.2, 0.25) is 0 Å². The van der Waals surface area contributed by atoms with Crippen LogP contribution >= 0.6 is 23.5 Å². The quantitative estimate of drug-likeness (QED) is 0.194. The molecule has 3 atom stereocenters. The molecule has 0 aliphatic carbocycles. The van der Waals surface area contributed by atoms with Gasteiger partial charge in [-0.05, 0) is 0 Å². The van der Waals surface area contributed by atoms with Gasteiger partial charge in [-0.3, -0.25) is 0 Å². The third-order valence-corrected chi connectivity index (χ3v) is 30.4. The predicted molar refractivity (Wildman–Crippen MR) is 133 cm³/mol. The van der Waals surface area contributed by atoms with Gasteiger partial charge in [-0.15, -0.1) is 0 Å². The minimum atomic E-state index is -1.96. The molecule has 0 aromatic heterocycles. The van der Waals surface area contributed by atoms with E-state index in [4.69, 9.17) is 0 Å². The van der Waals surface area contributed by atoms with Gasteiger partial charge in [0.15, 0.2) is 0 Å². The monoisotopic (exact) mass is 623 g/mol. The van der Waals surface area contributed by atoms with Crippen LogP contribution in [0.25, 0.3) is 0 Å². The third kappa shape index (κ3) is 5.44. The number of hydrogen-bond acceptors (Lipinski definition) is 3. The average Bonchev–Trinajstić information content (AvgIpc) is 3.21. The first-order chi connectivity index (χ1) is 12.6. The molecule has 3 heterocycles. The van der Waals surface area contributed by atoms with E-state index in [-0.39, 0.29) is 0 Å². The Kier molecular flexibility index (Phi) is 8.07. The molecule has 3 unspecified atom stereocenters. The first-order valence-electron chi connectivity index (χ1n) is 11.2. The first kappa shape index (κ1) is 23.2. The first-order valence-corrected chi connectivity index (χ1v) is 33.1. The Bertz CT molecular complexity index is 600. The van der Waals surface area contributed by atoms with Crippen molar-refractivity contribution in [3.8, 4) is 0 Å². The summed E-state index contributed by atoms with van der Waals surface area (Å²) in [5.74, 6) is 0. The van der Waals surface area contributed by atoms with Crippen LogP contribution in [0.4, 0.5) is 0 Å². The van der Waals surface area contributed by atoms with Crippen molar-refractivity contribution in [3.63, 3.8) is 0 Å². The predicted octanol–water partition coefficient (Wildman–Crippen LogP) is 7.50. The van der Waals surface area contributed by atoms with E-state index in [2.05, 4.69) is 71.1 Å². The molecule has 154 valence electrons. The Hall–Kier alpha value is 1.58. The molecule has 1 nitrogen and oxygen atoms in total. The molecule has 0 N–H and O–H groups in total. The number of hydrogen-bond donors (Lipinski definition) is 0. The van der Waals surface area contributed by atoms with E-state index in [0.29, 0.717) is 6.04 Å². The Morgan fingerprint density at radius 2 is 1.63 bits per heavy atom. The van der Waals surface area contributed by atoms with Gasteiger partial charge in [0.1, 0.15) is 0 Å². The normalized spacial score (nSPS) is 28.0. The van der Waals surface area contributed by atoms with Gasteiger partial charge < -0.3 is 0 Å². The van der Waals surface area contributed by atoms with Crippen LogP contribution in [-0.2, 0) is 0 Å². The second-order valence-corrected chi connectivity index (χ2v) is 45.3. The second-order valence-electron chi connectivity index (χ2n) is 10.8. The van der Waals surface area contributed by atoms with Crippen LogP contribution < -0.4 is 0 Å². The molecule has 0 saturated carbocycles. The fourth-order valence-corrected chi connectivity index (χ4v) is 20.1. The topological polar surface area (TPSA) is 3.24 Å². The molecule has 5 heteroatoms. The van der Waals surface area contributed by atoms with Gasteiger partial charge in [-0.25, -0.2) is 0 Å². The summed E-state index contributed by atoms with van der Waals surface area (Å²) in [6.45, 7) is 3.62. The molecule has 0 spiro atoms. The van der Waals surface area contributed by atoms with E-state index in [0.717, 1.165) is 8.52 Å². The van der Waals surface area contributed by atoms with Crippen molar-refractivity contribution in [3.05, 3.63) is 19.6 Å². The molecule has 0 radical (unpaired) electrons. The van der Waals surface area contributed by atoms with E-state index in [1.807, 2.05) is 7.83 Å². The van der Waals surface area contributed by atoms with E-state index in [9.17, 15) is 0 Å². The number of thioether (sulfide) groups is 2. The van der Waals surface area contributed by atoms with Crippen molar-refractivity contribution in [1.82, 2.24) is 4.90 Å². The zero-order valence-corrected chi connectivity index (χ0v) is 26.1. The van der Waals surface area contributed by atoms with Gasteiger partial charge >= 0.3 is 187 Å². The molecule has 3 aliphatic heterocycles. The van der Waals surface area contributed by atoms with Gasteiger partial charge in [0, 0.05) is 0 Å². The van der Waals surface area contributed by atoms with Crippen molar-refractivity contribution in [2.24, 2.45) is 0 Å². The summed E-state index contributed by atoms with van der Waals surface area (Å²) in [4.78, 5) is 20.4. The molecule has 0 fully saturated rings. The molecule has 3 rings (SSSR count). The molecular formula is C22H41NS2Sn2. The average molecular weight is 621 g/mol. The minimum absolute atomic E-state index is 0.699. The maximum absolute atomic E-state index is 2.89. The van der Waals surface area contributed by atoms with Crippen LogP contribution in [0.3, 0.4) is 0 Å². The zero-order valence-electron chi connectivity index (χ0n) is 18.7. The fourth-order valence-electron chi connectivity index (χ4n) is 4.42. The summed E-state index contributed by atoms with van der Waals surface area (Å²) in [5, 5.41) is 0.759.